The lowest BCUT2D eigenvalue weighted by molar-refractivity contribution is -0.246. The maximum absolute atomic E-state index is 12.7. The molecule has 1 atom stereocenters. The quantitative estimate of drug-likeness (QED) is 0.775. The van der Waals surface area contributed by atoms with Gasteiger partial charge in [-0.3, -0.25) is 0 Å². The van der Waals surface area contributed by atoms with Gasteiger partial charge in [0, 0.05) is 15.5 Å². The minimum atomic E-state index is -4.67. The number of rotatable bonds is 5. The number of anilines is 1. The van der Waals surface area contributed by atoms with Crippen molar-refractivity contribution < 1.29 is 18.3 Å². The minimum Gasteiger partial charge on any atom is -0.382 e. The van der Waals surface area contributed by atoms with Gasteiger partial charge in [0.15, 0.2) is 5.60 Å². The van der Waals surface area contributed by atoms with E-state index in [1.54, 1.807) is 17.8 Å². The number of hydrogen-bond donors (Lipinski definition) is 2. The van der Waals surface area contributed by atoms with Crippen LogP contribution in [0.2, 0.25) is 0 Å². The fraction of sp³-hybridized carbons (Fsp3) is 0.333. The zero-order valence-corrected chi connectivity index (χ0v) is 14.6. The van der Waals surface area contributed by atoms with E-state index >= 15 is 0 Å². The van der Waals surface area contributed by atoms with E-state index in [1.807, 2.05) is 50.2 Å². The first kappa shape index (κ1) is 18.7. The lowest BCUT2D eigenvalue weighted by Crippen LogP contribution is -2.47. The van der Waals surface area contributed by atoms with Crippen molar-refractivity contribution in [2.45, 2.75) is 42.3 Å². The van der Waals surface area contributed by atoms with Crippen LogP contribution >= 0.6 is 11.8 Å². The van der Waals surface area contributed by atoms with Gasteiger partial charge in [-0.25, -0.2) is 0 Å². The standard InChI is InChI=1S/C18H20F3NOS/c1-12-4-6-14(7-5-12)24-15-8-9-16(13(2)10-15)22-11-17(3,23)18(19,20)21/h4-10,22-23H,11H2,1-3H3/t17-/m1/s1. The SMILES string of the molecule is Cc1ccc(Sc2ccc(NC[C@@](C)(O)C(F)(F)F)c(C)c2)cc1. The highest BCUT2D eigenvalue weighted by atomic mass is 32.2. The number of hydrogen-bond acceptors (Lipinski definition) is 3. The zero-order chi connectivity index (χ0) is 18.0. The fourth-order valence-corrected chi connectivity index (χ4v) is 2.92. The van der Waals surface area contributed by atoms with Gasteiger partial charge >= 0.3 is 6.18 Å². The van der Waals surface area contributed by atoms with E-state index < -0.39 is 18.3 Å². The van der Waals surface area contributed by atoms with Crippen LogP contribution in [0.25, 0.3) is 0 Å². The molecule has 130 valence electrons. The molecule has 0 aliphatic carbocycles. The van der Waals surface area contributed by atoms with Crippen molar-refractivity contribution >= 4 is 17.4 Å². The lowest BCUT2D eigenvalue weighted by atomic mass is 10.1. The first-order valence-corrected chi connectivity index (χ1v) is 8.28. The van der Waals surface area contributed by atoms with E-state index in [0.29, 0.717) is 5.69 Å². The molecule has 2 nitrogen and oxygen atoms in total. The van der Waals surface area contributed by atoms with E-state index in [9.17, 15) is 18.3 Å². The normalized spacial score (nSPS) is 14.3. The van der Waals surface area contributed by atoms with Crippen molar-refractivity contribution in [3.63, 3.8) is 0 Å². The Morgan fingerprint density at radius 3 is 2.12 bits per heavy atom. The van der Waals surface area contributed by atoms with Gasteiger partial charge in [-0.05, 0) is 56.7 Å². The molecule has 0 spiro atoms. The van der Waals surface area contributed by atoms with E-state index in [-0.39, 0.29) is 0 Å². The third-order valence-corrected chi connectivity index (χ3v) is 4.69. The third-order valence-electron chi connectivity index (χ3n) is 3.69. The number of benzene rings is 2. The number of aryl methyl sites for hydroxylation is 2. The zero-order valence-electron chi connectivity index (χ0n) is 13.7. The van der Waals surface area contributed by atoms with Gasteiger partial charge in [0.1, 0.15) is 0 Å². The fourth-order valence-electron chi connectivity index (χ4n) is 2.01. The van der Waals surface area contributed by atoms with Crippen molar-refractivity contribution in [3.8, 4) is 0 Å². The number of nitrogens with one attached hydrogen (secondary N) is 1. The number of halogens is 3. The van der Waals surface area contributed by atoms with Crippen LogP contribution < -0.4 is 5.32 Å². The van der Waals surface area contributed by atoms with Crippen LogP contribution in [0.1, 0.15) is 18.1 Å². The molecule has 0 unspecified atom stereocenters. The van der Waals surface area contributed by atoms with E-state index in [1.165, 1.54) is 5.56 Å². The van der Waals surface area contributed by atoms with Crippen LogP contribution in [-0.2, 0) is 0 Å². The van der Waals surface area contributed by atoms with Crippen LogP contribution in [0.4, 0.5) is 18.9 Å². The molecule has 0 saturated heterocycles. The molecule has 0 fully saturated rings. The highest BCUT2D eigenvalue weighted by Crippen LogP contribution is 2.32. The molecule has 24 heavy (non-hydrogen) atoms. The average Bonchev–Trinajstić information content (AvgIpc) is 2.47. The van der Waals surface area contributed by atoms with Crippen molar-refractivity contribution in [2.75, 3.05) is 11.9 Å². The summed E-state index contributed by atoms with van der Waals surface area (Å²) in [7, 11) is 0. The predicted octanol–water partition coefficient (Wildman–Crippen LogP) is 5.18. The van der Waals surface area contributed by atoms with Gasteiger partial charge in [-0.2, -0.15) is 13.2 Å². The Hall–Kier alpha value is -1.66. The molecule has 0 amide bonds. The topological polar surface area (TPSA) is 32.3 Å². The van der Waals surface area contributed by atoms with Crippen molar-refractivity contribution in [3.05, 3.63) is 53.6 Å². The van der Waals surface area contributed by atoms with Crippen LogP contribution in [0.15, 0.2) is 52.3 Å². The molecule has 0 aliphatic rings. The van der Waals surface area contributed by atoms with Gasteiger partial charge in [0.2, 0.25) is 0 Å². The molecule has 0 aliphatic heterocycles. The Morgan fingerprint density at radius 1 is 1.00 bits per heavy atom. The van der Waals surface area contributed by atoms with Crippen LogP contribution in [0, 0.1) is 13.8 Å². The third kappa shape index (κ3) is 4.68. The lowest BCUT2D eigenvalue weighted by Gasteiger charge is -2.27. The molecule has 0 radical (unpaired) electrons. The molecule has 0 saturated carbocycles. The van der Waals surface area contributed by atoms with Gasteiger partial charge in [-0.1, -0.05) is 29.5 Å². The average molecular weight is 355 g/mol. The predicted molar refractivity (Wildman–Crippen MR) is 91.6 cm³/mol. The van der Waals surface area contributed by atoms with Crippen LogP contribution in [0.3, 0.4) is 0 Å². The summed E-state index contributed by atoms with van der Waals surface area (Å²) < 4.78 is 38.0. The summed E-state index contributed by atoms with van der Waals surface area (Å²) in [5.74, 6) is 0. The molecule has 2 rings (SSSR count). The Labute approximate surface area is 144 Å². The largest absolute Gasteiger partial charge is 0.418 e. The summed E-state index contributed by atoms with van der Waals surface area (Å²) in [6, 6.07) is 13.6. The second-order valence-electron chi connectivity index (χ2n) is 6.02. The number of aliphatic hydroxyl groups is 1. The summed E-state index contributed by atoms with van der Waals surface area (Å²) in [5, 5.41) is 12.2. The monoisotopic (exact) mass is 355 g/mol. The van der Waals surface area contributed by atoms with Gasteiger partial charge < -0.3 is 10.4 Å². The van der Waals surface area contributed by atoms with Gasteiger partial charge in [0.05, 0.1) is 6.54 Å². The molecule has 0 heterocycles. The molecule has 2 aromatic carbocycles. The summed E-state index contributed by atoms with van der Waals surface area (Å²) in [6.07, 6.45) is -4.67. The maximum atomic E-state index is 12.7. The molecule has 2 aromatic rings. The number of alkyl halides is 3. The molecule has 6 heteroatoms. The first-order chi connectivity index (χ1) is 11.1. The molecular weight excluding hydrogens is 335 g/mol. The highest BCUT2D eigenvalue weighted by molar-refractivity contribution is 7.99. The first-order valence-electron chi connectivity index (χ1n) is 7.47. The van der Waals surface area contributed by atoms with Gasteiger partial charge in [-0.15, -0.1) is 0 Å². The van der Waals surface area contributed by atoms with Crippen LogP contribution in [0.5, 0.6) is 0 Å². The van der Waals surface area contributed by atoms with Crippen molar-refractivity contribution in [1.82, 2.24) is 0 Å². The highest BCUT2D eigenvalue weighted by Gasteiger charge is 2.49. The van der Waals surface area contributed by atoms with E-state index in [4.69, 9.17) is 0 Å². The summed E-state index contributed by atoms with van der Waals surface area (Å²) in [4.78, 5) is 2.10. The molecule has 0 bridgehead atoms. The Kier molecular flexibility index (Phi) is 5.50. The summed E-state index contributed by atoms with van der Waals surface area (Å²) in [5.41, 5.74) is -0.181. The van der Waals surface area contributed by atoms with E-state index in [0.717, 1.165) is 22.3 Å². The Morgan fingerprint density at radius 2 is 1.58 bits per heavy atom. The van der Waals surface area contributed by atoms with Crippen molar-refractivity contribution in [2.24, 2.45) is 0 Å². The smallest absolute Gasteiger partial charge is 0.382 e. The Bertz CT molecular complexity index is 696. The molecular formula is C18H20F3NOS. The maximum Gasteiger partial charge on any atom is 0.418 e. The van der Waals surface area contributed by atoms with Crippen LogP contribution in [-0.4, -0.2) is 23.4 Å². The summed E-state index contributed by atoms with van der Waals surface area (Å²) >= 11 is 1.59. The van der Waals surface area contributed by atoms with Gasteiger partial charge in [0.25, 0.3) is 0 Å². The Balaban J connectivity index is 2.06. The van der Waals surface area contributed by atoms with E-state index in [2.05, 4.69) is 5.32 Å². The molecule has 2 N–H and O–H groups in total. The second kappa shape index (κ2) is 7.07. The molecule has 0 aromatic heterocycles. The summed E-state index contributed by atoms with van der Waals surface area (Å²) in [6.45, 7) is 4.01. The van der Waals surface area contributed by atoms with Crippen molar-refractivity contribution in [1.29, 1.82) is 0 Å². The minimum absolute atomic E-state index is 0.577. The second-order valence-corrected chi connectivity index (χ2v) is 7.16.